The molecule has 0 unspecified atom stereocenters. The van der Waals surface area contributed by atoms with E-state index >= 15 is 0 Å². The lowest BCUT2D eigenvalue weighted by Gasteiger charge is -2.27. The van der Waals surface area contributed by atoms with Crippen LogP contribution in [0.3, 0.4) is 0 Å². The number of hydrogen-bond donors (Lipinski definition) is 2. The van der Waals surface area contributed by atoms with Gasteiger partial charge in [0.15, 0.2) is 0 Å². The fourth-order valence-electron chi connectivity index (χ4n) is 2.98. The molecule has 1 atom stereocenters. The molecule has 0 heterocycles. The lowest BCUT2D eigenvalue weighted by Crippen LogP contribution is -2.52. The van der Waals surface area contributed by atoms with E-state index in [4.69, 9.17) is 27.9 Å². The van der Waals surface area contributed by atoms with E-state index in [2.05, 4.69) is 5.32 Å². The van der Waals surface area contributed by atoms with E-state index in [1.165, 1.54) is 32.8 Å². The molecule has 9 heteroatoms. The van der Waals surface area contributed by atoms with Crippen LogP contribution in [0.25, 0.3) is 0 Å². The summed E-state index contributed by atoms with van der Waals surface area (Å²) in [5.74, 6) is -1.71. The number of amides is 2. The number of ether oxygens (including phenoxy) is 1. The minimum Gasteiger partial charge on any atom is -0.489 e. The van der Waals surface area contributed by atoms with Gasteiger partial charge in [-0.05, 0) is 43.7 Å². The summed E-state index contributed by atoms with van der Waals surface area (Å²) in [4.78, 5) is 37.8. The van der Waals surface area contributed by atoms with Crippen LogP contribution in [0.15, 0.2) is 42.5 Å². The van der Waals surface area contributed by atoms with Crippen LogP contribution >= 0.6 is 23.2 Å². The molecule has 0 aromatic heterocycles. The summed E-state index contributed by atoms with van der Waals surface area (Å²) >= 11 is 12.3. The van der Waals surface area contributed by atoms with Gasteiger partial charge in [-0.3, -0.25) is 9.59 Å². The van der Waals surface area contributed by atoms with Crippen molar-refractivity contribution < 1.29 is 24.2 Å². The van der Waals surface area contributed by atoms with E-state index < -0.39 is 29.2 Å². The van der Waals surface area contributed by atoms with Crippen LogP contribution < -0.4 is 10.1 Å². The Labute approximate surface area is 197 Å². The van der Waals surface area contributed by atoms with Crippen molar-refractivity contribution in [2.24, 2.45) is 5.41 Å². The Morgan fingerprint density at radius 1 is 1.06 bits per heavy atom. The van der Waals surface area contributed by atoms with E-state index in [1.807, 2.05) is 0 Å². The maximum atomic E-state index is 12.6. The van der Waals surface area contributed by atoms with Gasteiger partial charge in [0.05, 0.1) is 0 Å². The minimum atomic E-state index is -1.39. The summed E-state index contributed by atoms with van der Waals surface area (Å²) in [5, 5.41) is 13.0. The van der Waals surface area contributed by atoms with E-state index in [0.717, 1.165) is 0 Å². The van der Waals surface area contributed by atoms with Gasteiger partial charge >= 0.3 is 5.97 Å². The molecule has 2 aromatic carbocycles. The molecule has 172 valence electrons. The molecule has 2 amide bonds. The Kier molecular flexibility index (Phi) is 8.52. The van der Waals surface area contributed by atoms with Crippen molar-refractivity contribution in [2.45, 2.75) is 32.9 Å². The second-order valence-electron chi connectivity index (χ2n) is 8.03. The third-order valence-corrected chi connectivity index (χ3v) is 5.63. The molecule has 2 N–H and O–H groups in total. The maximum absolute atomic E-state index is 12.6. The normalized spacial score (nSPS) is 12.1. The van der Waals surface area contributed by atoms with Gasteiger partial charge in [0.2, 0.25) is 11.8 Å². The molecule has 0 aliphatic heterocycles. The first-order chi connectivity index (χ1) is 14.9. The van der Waals surface area contributed by atoms with Crippen molar-refractivity contribution in [3.8, 4) is 5.75 Å². The average molecular weight is 481 g/mol. The number of benzene rings is 2. The van der Waals surface area contributed by atoms with Gasteiger partial charge < -0.3 is 20.1 Å². The number of rotatable bonds is 9. The predicted octanol–water partition coefficient (Wildman–Crippen LogP) is 3.80. The highest BCUT2D eigenvalue weighted by atomic mass is 35.5. The molecular formula is C23H26Cl2N2O5. The number of halogens is 2. The van der Waals surface area contributed by atoms with Gasteiger partial charge in [-0.1, -0.05) is 41.4 Å². The Bertz CT molecular complexity index is 970. The van der Waals surface area contributed by atoms with Crippen LogP contribution in [0, 0.1) is 5.41 Å². The van der Waals surface area contributed by atoms with Gasteiger partial charge in [-0.15, -0.1) is 0 Å². The molecule has 2 aromatic rings. The monoisotopic (exact) mass is 480 g/mol. The number of nitrogens with one attached hydrogen (secondary N) is 1. The summed E-state index contributed by atoms with van der Waals surface area (Å²) in [6, 6.07) is 10.8. The largest absolute Gasteiger partial charge is 0.489 e. The van der Waals surface area contributed by atoms with Crippen molar-refractivity contribution in [3.05, 3.63) is 63.6 Å². The van der Waals surface area contributed by atoms with Crippen molar-refractivity contribution in [3.63, 3.8) is 0 Å². The molecule has 0 radical (unpaired) electrons. The van der Waals surface area contributed by atoms with E-state index in [-0.39, 0.29) is 13.0 Å². The second-order valence-corrected chi connectivity index (χ2v) is 8.84. The van der Waals surface area contributed by atoms with E-state index in [9.17, 15) is 19.5 Å². The second kappa shape index (κ2) is 10.7. The highest BCUT2D eigenvalue weighted by molar-refractivity contribution is 6.35. The molecule has 0 aliphatic carbocycles. The molecule has 0 saturated heterocycles. The van der Waals surface area contributed by atoms with Crippen LogP contribution in [-0.2, 0) is 27.4 Å². The summed E-state index contributed by atoms with van der Waals surface area (Å²) in [6.07, 6.45) is 0.0456. The SMILES string of the molecule is CN(C)C(=O)C(C)(C)C(=O)N[C@@H](Cc1ccc(OCc2c(Cl)cccc2Cl)cc1)C(=O)O. The van der Waals surface area contributed by atoms with Gasteiger partial charge in [-0.2, -0.15) is 0 Å². The number of carbonyl (C=O) groups is 3. The molecule has 0 fully saturated rings. The van der Waals surface area contributed by atoms with Crippen LogP contribution in [0.2, 0.25) is 10.0 Å². The molecule has 2 rings (SSSR count). The Morgan fingerprint density at radius 3 is 2.12 bits per heavy atom. The Balaban J connectivity index is 2.04. The maximum Gasteiger partial charge on any atom is 0.326 e. The Hall–Kier alpha value is -2.77. The van der Waals surface area contributed by atoms with Crippen LogP contribution in [0.1, 0.15) is 25.0 Å². The zero-order chi connectivity index (χ0) is 24.1. The van der Waals surface area contributed by atoms with Gasteiger partial charge in [0.1, 0.15) is 23.8 Å². The predicted molar refractivity (Wildman–Crippen MR) is 123 cm³/mol. The number of nitrogens with zero attached hydrogens (tertiary/aromatic N) is 1. The highest BCUT2D eigenvalue weighted by Gasteiger charge is 2.39. The van der Waals surface area contributed by atoms with Crippen molar-refractivity contribution in [1.82, 2.24) is 10.2 Å². The third-order valence-electron chi connectivity index (χ3n) is 4.92. The molecule has 32 heavy (non-hydrogen) atoms. The van der Waals surface area contributed by atoms with Crippen LogP contribution in [-0.4, -0.2) is 47.9 Å². The first-order valence-corrected chi connectivity index (χ1v) is 10.6. The molecule has 0 aliphatic rings. The fourth-order valence-corrected chi connectivity index (χ4v) is 3.48. The van der Waals surface area contributed by atoms with Gasteiger partial charge in [0, 0.05) is 36.1 Å². The smallest absolute Gasteiger partial charge is 0.326 e. The molecule has 0 spiro atoms. The third kappa shape index (κ3) is 6.37. The number of aliphatic carboxylic acids is 1. The summed E-state index contributed by atoms with van der Waals surface area (Å²) in [5.41, 5.74) is -0.0458. The zero-order valence-corrected chi connectivity index (χ0v) is 19.8. The zero-order valence-electron chi connectivity index (χ0n) is 18.3. The number of carboxylic acid groups (broad SMARTS) is 1. The summed E-state index contributed by atoms with van der Waals surface area (Å²) in [6.45, 7) is 3.10. The van der Waals surface area contributed by atoms with E-state index in [0.29, 0.717) is 26.9 Å². The van der Waals surface area contributed by atoms with Crippen molar-refractivity contribution >= 4 is 41.0 Å². The lowest BCUT2D eigenvalue weighted by atomic mass is 9.90. The fraction of sp³-hybridized carbons (Fsp3) is 0.348. The van der Waals surface area contributed by atoms with Gasteiger partial charge in [0.25, 0.3) is 0 Å². The standard InChI is InChI=1S/C23H26Cl2N2O5/c1-23(2,22(31)27(3)4)21(30)26-19(20(28)29)12-14-8-10-15(11-9-14)32-13-16-17(24)6-5-7-18(16)25/h5-11,19H,12-13H2,1-4H3,(H,26,30)(H,28,29)/t19-/m0/s1. The molecule has 7 nitrogen and oxygen atoms in total. The number of carbonyl (C=O) groups excluding carboxylic acids is 2. The molecule has 0 saturated carbocycles. The topological polar surface area (TPSA) is 95.9 Å². The summed E-state index contributed by atoms with van der Waals surface area (Å²) in [7, 11) is 3.07. The minimum absolute atomic E-state index is 0.0456. The first kappa shape index (κ1) is 25.5. The summed E-state index contributed by atoms with van der Waals surface area (Å²) < 4.78 is 5.72. The van der Waals surface area contributed by atoms with Crippen molar-refractivity contribution in [1.29, 1.82) is 0 Å². The van der Waals surface area contributed by atoms with Crippen LogP contribution in [0.5, 0.6) is 5.75 Å². The average Bonchev–Trinajstić information content (AvgIpc) is 2.73. The number of carboxylic acids is 1. The van der Waals surface area contributed by atoms with Crippen LogP contribution in [0.4, 0.5) is 0 Å². The lowest BCUT2D eigenvalue weighted by molar-refractivity contribution is -0.150. The van der Waals surface area contributed by atoms with Crippen molar-refractivity contribution in [2.75, 3.05) is 14.1 Å². The number of hydrogen-bond acceptors (Lipinski definition) is 4. The Morgan fingerprint density at radius 2 is 1.62 bits per heavy atom. The quantitative estimate of drug-likeness (QED) is 0.532. The van der Waals surface area contributed by atoms with Gasteiger partial charge in [-0.25, -0.2) is 4.79 Å². The van der Waals surface area contributed by atoms with E-state index in [1.54, 1.807) is 42.5 Å². The molecule has 0 bridgehead atoms. The highest BCUT2D eigenvalue weighted by Crippen LogP contribution is 2.26. The first-order valence-electron chi connectivity index (χ1n) is 9.83. The molecular weight excluding hydrogens is 455 g/mol.